The average molecular weight is 456 g/mol. The van der Waals surface area contributed by atoms with Gasteiger partial charge in [0.1, 0.15) is 22.4 Å². The van der Waals surface area contributed by atoms with Crippen molar-refractivity contribution in [2.24, 2.45) is 5.73 Å². The predicted molar refractivity (Wildman–Crippen MR) is 119 cm³/mol. The number of thiophene rings is 1. The molecule has 0 radical (unpaired) electrons. The van der Waals surface area contributed by atoms with Crippen LogP contribution in [0.2, 0.25) is 5.02 Å². The van der Waals surface area contributed by atoms with Crippen molar-refractivity contribution in [3.63, 3.8) is 0 Å². The van der Waals surface area contributed by atoms with Gasteiger partial charge in [0.15, 0.2) is 0 Å². The lowest BCUT2D eigenvalue weighted by Gasteiger charge is -2.16. The number of fused-ring (bicyclic) bond motifs is 1. The van der Waals surface area contributed by atoms with Gasteiger partial charge in [0.25, 0.3) is 5.91 Å². The second-order valence-electron chi connectivity index (χ2n) is 6.73. The molecular weight excluding hydrogens is 438 g/mol. The van der Waals surface area contributed by atoms with Crippen molar-refractivity contribution >= 4 is 40.5 Å². The Balaban J connectivity index is 1.71. The van der Waals surface area contributed by atoms with Crippen LogP contribution in [-0.4, -0.2) is 28.4 Å². The van der Waals surface area contributed by atoms with Crippen LogP contribution in [0.3, 0.4) is 0 Å². The third kappa shape index (κ3) is 3.99. The highest BCUT2D eigenvalue weighted by molar-refractivity contribution is 7.17. The minimum atomic E-state index is -0.584. The summed E-state index contributed by atoms with van der Waals surface area (Å²) in [4.78, 5) is 29.2. The molecule has 1 atom stereocenters. The number of nitrogens with zero attached hydrogens (tertiary/aromatic N) is 2. The van der Waals surface area contributed by atoms with Crippen LogP contribution in [0, 0.1) is 0 Å². The highest BCUT2D eigenvalue weighted by Crippen LogP contribution is 2.39. The van der Waals surface area contributed by atoms with E-state index in [2.05, 4.69) is 4.98 Å². The summed E-state index contributed by atoms with van der Waals surface area (Å²) in [5, 5.41) is 0.578. The van der Waals surface area contributed by atoms with Crippen molar-refractivity contribution < 1.29 is 19.1 Å². The molecule has 1 unspecified atom stereocenters. The molecule has 1 aromatic carbocycles. The number of methoxy groups -OCH3 is 1. The van der Waals surface area contributed by atoms with E-state index in [0.717, 1.165) is 16.1 Å². The molecule has 0 aliphatic heterocycles. The summed E-state index contributed by atoms with van der Waals surface area (Å²) in [7, 11) is 1.33. The van der Waals surface area contributed by atoms with Crippen LogP contribution in [0.5, 0.6) is 5.75 Å². The van der Waals surface area contributed by atoms with E-state index in [1.165, 1.54) is 18.4 Å². The fourth-order valence-corrected chi connectivity index (χ4v) is 4.47. The van der Waals surface area contributed by atoms with E-state index in [1.54, 1.807) is 36.7 Å². The number of ether oxygens (including phenoxy) is 2. The van der Waals surface area contributed by atoms with Crippen LogP contribution >= 0.6 is 22.9 Å². The van der Waals surface area contributed by atoms with E-state index in [0.29, 0.717) is 26.9 Å². The number of primary amides is 1. The molecule has 158 valence electrons. The Kier molecular flexibility index (Phi) is 5.67. The van der Waals surface area contributed by atoms with E-state index in [1.807, 2.05) is 29.5 Å². The molecule has 0 saturated heterocycles. The zero-order valence-electron chi connectivity index (χ0n) is 16.7. The number of esters is 1. The molecule has 0 spiro atoms. The minimum absolute atomic E-state index is 0.301. The number of imidazole rings is 1. The molecular formula is C22H18ClN3O4S. The SMILES string of the molecule is COC(=O)c1ccn2c(-c3cc(OC(C)c4ccccc4Cl)c(C(N)=O)s3)cnc2c1. The fourth-order valence-electron chi connectivity index (χ4n) is 3.23. The molecule has 3 aromatic heterocycles. The molecule has 0 aliphatic rings. The maximum Gasteiger partial charge on any atom is 0.338 e. The van der Waals surface area contributed by atoms with E-state index in [4.69, 9.17) is 26.8 Å². The van der Waals surface area contributed by atoms with Gasteiger partial charge < -0.3 is 15.2 Å². The number of aromatic nitrogens is 2. The zero-order valence-corrected chi connectivity index (χ0v) is 18.2. The number of carbonyl (C=O) groups excluding carboxylic acids is 2. The van der Waals surface area contributed by atoms with Crippen molar-refractivity contribution in [3.8, 4) is 16.3 Å². The van der Waals surface area contributed by atoms with Gasteiger partial charge in [0.05, 0.1) is 29.4 Å². The van der Waals surface area contributed by atoms with Crippen LogP contribution in [-0.2, 0) is 4.74 Å². The molecule has 3 heterocycles. The number of benzene rings is 1. The predicted octanol–water partition coefficient (Wildman–Crippen LogP) is 4.74. The van der Waals surface area contributed by atoms with E-state index < -0.39 is 11.9 Å². The molecule has 0 fully saturated rings. The smallest absolute Gasteiger partial charge is 0.338 e. The summed E-state index contributed by atoms with van der Waals surface area (Å²) in [6.45, 7) is 1.85. The van der Waals surface area contributed by atoms with Gasteiger partial charge in [-0.2, -0.15) is 0 Å². The molecule has 0 aliphatic carbocycles. The molecule has 4 aromatic rings. The Labute approximate surface area is 187 Å². The molecule has 31 heavy (non-hydrogen) atoms. The molecule has 1 amide bonds. The van der Waals surface area contributed by atoms with Crippen molar-refractivity contribution in [1.82, 2.24) is 9.38 Å². The molecule has 2 N–H and O–H groups in total. The summed E-state index contributed by atoms with van der Waals surface area (Å²) in [5.74, 6) is -0.649. The summed E-state index contributed by atoms with van der Waals surface area (Å²) in [6.07, 6.45) is 2.99. The quantitative estimate of drug-likeness (QED) is 0.423. The standard InChI is InChI=1S/C22H18ClN3O4S/c1-12(14-5-3-4-6-15(14)23)30-17-10-18(31-20(17)21(24)27)16-11-25-19-9-13(22(28)29-2)7-8-26(16)19/h3-12H,1-2H3,(H2,24,27). The summed E-state index contributed by atoms with van der Waals surface area (Å²) in [6, 6.07) is 12.4. The van der Waals surface area contributed by atoms with Crippen LogP contribution in [0.1, 0.15) is 38.6 Å². The van der Waals surface area contributed by atoms with Crippen molar-refractivity contribution in [3.05, 3.63) is 75.9 Å². The van der Waals surface area contributed by atoms with E-state index in [9.17, 15) is 9.59 Å². The molecule has 0 saturated carbocycles. The lowest BCUT2D eigenvalue weighted by atomic mass is 10.1. The average Bonchev–Trinajstić information content (AvgIpc) is 3.36. The Hall–Kier alpha value is -3.36. The van der Waals surface area contributed by atoms with Crippen LogP contribution in [0.25, 0.3) is 16.2 Å². The van der Waals surface area contributed by atoms with Gasteiger partial charge in [-0.05, 0) is 25.1 Å². The maximum atomic E-state index is 12.1. The third-order valence-corrected chi connectivity index (χ3v) is 6.25. The van der Waals surface area contributed by atoms with Gasteiger partial charge in [-0.3, -0.25) is 9.20 Å². The monoisotopic (exact) mass is 455 g/mol. The fraction of sp³-hybridized carbons (Fsp3) is 0.136. The number of rotatable bonds is 6. The highest BCUT2D eigenvalue weighted by atomic mass is 35.5. The summed E-state index contributed by atoms with van der Waals surface area (Å²) >= 11 is 7.48. The van der Waals surface area contributed by atoms with Gasteiger partial charge in [0, 0.05) is 22.8 Å². The highest BCUT2D eigenvalue weighted by Gasteiger charge is 2.21. The van der Waals surface area contributed by atoms with Crippen molar-refractivity contribution in [2.45, 2.75) is 13.0 Å². The van der Waals surface area contributed by atoms with E-state index >= 15 is 0 Å². The molecule has 7 nitrogen and oxygen atoms in total. The maximum absolute atomic E-state index is 12.1. The van der Waals surface area contributed by atoms with Gasteiger partial charge in [-0.1, -0.05) is 29.8 Å². The topological polar surface area (TPSA) is 95.9 Å². The third-order valence-electron chi connectivity index (χ3n) is 4.76. The second kappa shape index (κ2) is 8.41. The Bertz CT molecular complexity index is 1300. The zero-order chi connectivity index (χ0) is 22.1. The lowest BCUT2D eigenvalue weighted by Crippen LogP contribution is -2.12. The first-order valence-corrected chi connectivity index (χ1v) is 10.5. The Morgan fingerprint density at radius 2 is 2.00 bits per heavy atom. The molecule has 0 bridgehead atoms. The normalized spacial score (nSPS) is 12.0. The van der Waals surface area contributed by atoms with Crippen molar-refractivity contribution in [2.75, 3.05) is 7.11 Å². The Morgan fingerprint density at radius 1 is 1.23 bits per heavy atom. The summed E-state index contributed by atoms with van der Waals surface area (Å²) in [5.41, 5.74) is 8.10. The van der Waals surface area contributed by atoms with Gasteiger partial charge in [-0.25, -0.2) is 9.78 Å². The van der Waals surface area contributed by atoms with Crippen LogP contribution in [0.4, 0.5) is 0 Å². The molecule has 9 heteroatoms. The first-order chi connectivity index (χ1) is 14.9. The number of nitrogens with two attached hydrogens (primary N) is 1. The lowest BCUT2D eigenvalue weighted by molar-refractivity contribution is 0.0600. The largest absolute Gasteiger partial charge is 0.484 e. The number of hydrogen-bond acceptors (Lipinski definition) is 6. The van der Waals surface area contributed by atoms with Crippen LogP contribution in [0.15, 0.2) is 54.9 Å². The second-order valence-corrected chi connectivity index (χ2v) is 8.19. The molecule has 4 rings (SSSR count). The number of hydrogen-bond donors (Lipinski definition) is 1. The number of carbonyl (C=O) groups is 2. The Morgan fingerprint density at radius 3 is 2.71 bits per heavy atom. The van der Waals surface area contributed by atoms with E-state index in [-0.39, 0.29) is 6.10 Å². The van der Waals surface area contributed by atoms with Crippen molar-refractivity contribution in [1.29, 1.82) is 0 Å². The number of amides is 1. The van der Waals surface area contributed by atoms with Crippen LogP contribution < -0.4 is 10.5 Å². The first kappa shape index (κ1) is 20.9. The minimum Gasteiger partial charge on any atom is -0.484 e. The number of halogens is 1. The first-order valence-electron chi connectivity index (χ1n) is 9.29. The number of pyridine rings is 1. The van der Waals surface area contributed by atoms with Gasteiger partial charge >= 0.3 is 5.97 Å². The van der Waals surface area contributed by atoms with Gasteiger partial charge in [0.2, 0.25) is 0 Å². The summed E-state index contributed by atoms with van der Waals surface area (Å²) < 4.78 is 12.6. The van der Waals surface area contributed by atoms with Gasteiger partial charge in [-0.15, -0.1) is 11.3 Å².